The highest BCUT2D eigenvalue weighted by Crippen LogP contribution is 2.32. The van der Waals surface area contributed by atoms with Gasteiger partial charge in [0.05, 0.1) is 9.90 Å². The van der Waals surface area contributed by atoms with Crippen LogP contribution >= 0.6 is 34.5 Å². The highest BCUT2D eigenvalue weighted by Gasteiger charge is 2.25. The van der Waals surface area contributed by atoms with Crippen LogP contribution in [0.5, 0.6) is 0 Å². The summed E-state index contributed by atoms with van der Waals surface area (Å²) in [6, 6.07) is 1.59. The molecular weight excluding hydrogens is 305 g/mol. The van der Waals surface area contributed by atoms with E-state index in [0.29, 0.717) is 32.6 Å². The number of amides is 1. The summed E-state index contributed by atoms with van der Waals surface area (Å²) in [5, 5.41) is 12.2. The molecule has 1 aromatic heterocycles. The summed E-state index contributed by atoms with van der Waals surface area (Å²) in [7, 11) is 0. The van der Waals surface area contributed by atoms with Crippen molar-refractivity contribution in [3.63, 3.8) is 0 Å². The molecule has 0 saturated heterocycles. The van der Waals surface area contributed by atoms with Crippen LogP contribution in [-0.2, 0) is 0 Å². The van der Waals surface area contributed by atoms with E-state index >= 15 is 0 Å². The van der Waals surface area contributed by atoms with E-state index in [1.54, 1.807) is 6.07 Å². The van der Waals surface area contributed by atoms with Crippen LogP contribution in [0.4, 0.5) is 0 Å². The van der Waals surface area contributed by atoms with Gasteiger partial charge in [-0.3, -0.25) is 4.79 Å². The number of halogens is 2. The fourth-order valence-electron chi connectivity index (χ4n) is 2.61. The van der Waals surface area contributed by atoms with E-state index in [2.05, 4.69) is 5.32 Å². The van der Waals surface area contributed by atoms with Gasteiger partial charge in [-0.2, -0.15) is 0 Å². The molecule has 2 rings (SSSR count). The molecule has 0 aromatic carbocycles. The van der Waals surface area contributed by atoms with Crippen molar-refractivity contribution in [1.29, 1.82) is 0 Å². The fraction of sp³-hybridized carbons (Fsp3) is 0.615. The summed E-state index contributed by atoms with van der Waals surface area (Å²) in [5.41, 5.74) is 0.438. The Hall–Kier alpha value is -0.290. The minimum absolute atomic E-state index is 0.185. The van der Waals surface area contributed by atoms with Crippen LogP contribution in [0.3, 0.4) is 0 Å². The molecule has 1 aliphatic carbocycles. The molecule has 19 heavy (non-hydrogen) atoms. The Labute approximate surface area is 126 Å². The van der Waals surface area contributed by atoms with Crippen molar-refractivity contribution in [3.8, 4) is 0 Å². The van der Waals surface area contributed by atoms with Crippen molar-refractivity contribution in [1.82, 2.24) is 5.32 Å². The maximum Gasteiger partial charge on any atom is 0.253 e. The van der Waals surface area contributed by atoms with Gasteiger partial charge in [0.15, 0.2) is 0 Å². The third-order valence-corrected chi connectivity index (χ3v) is 5.21. The van der Waals surface area contributed by atoms with Crippen molar-refractivity contribution < 1.29 is 9.90 Å². The quantitative estimate of drug-likeness (QED) is 0.890. The first kappa shape index (κ1) is 15.1. The standard InChI is InChI=1S/C13H17Cl2NO2S/c14-11-5-10(12(15)19-11)13(18)16-6-8-3-1-2-4-9(8)7-17/h5,8-9,17H,1-4,6-7H2,(H,16,18). The van der Waals surface area contributed by atoms with Gasteiger partial charge in [0.1, 0.15) is 4.34 Å². The number of carbonyl (C=O) groups is 1. The van der Waals surface area contributed by atoms with Crippen molar-refractivity contribution >= 4 is 40.4 Å². The van der Waals surface area contributed by atoms with Crippen molar-refractivity contribution in [2.75, 3.05) is 13.2 Å². The maximum atomic E-state index is 12.0. The lowest BCUT2D eigenvalue weighted by Crippen LogP contribution is -2.35. The van der Waals surface area contributed by atoms with Crippen LogP contribution in [0.1, 0.15) is 36.0 Å². The molecule has 0 radical (unpaired) electrons. The minimum atomic E-state index is -0.185. The molecular formula is C13H17Cl2NO2S. The third-order valence-electron chi connectivity index (χ3n) is 3.73. The molecule has 3 nitrogen and oxygen atoms in total. The zero-order valence-corrected chi connectivity index (χ0v) is 12.8. The summed E-state index contributed by atoms with van der Waals surface area (Å²) in [6.07, 6.45) is 4.44. The van der Waals surface area contributed by atoms with Gasteiger partial charge in [0.25, 0.3) is 5.91 Å². The van der Waals surface area contributed by atoms with Crippen LogP contribution in [0.15, 0.2) is 6.07 Å². The number of nitrogens with one attached hydrogen (secondary N) is 1. The molecule has 1 amide bonds. The second kappa shape index (κ2) is 6.93. The van der Waals surface area contributed by atoms with E-state index in [-0.39, 0.29) is 12.5 Å². The second-order valence-corrected chi connectivity index (χ2v) is 7.22. The molecule has 106 valence electrons. The average Bonchev–Trinajstić information content (AvgIpc) is 2.75. The molecule has 2 N–H and O–H groups in total. The average molecular weight is 322 g/mol. The number of hydrogen-bond donors (Lipinski definition) is 2. The SMILES string of the molecule is O=C(NCC1CCCCC1CO)c1cc(Cl)sc1Cl. The van der Waals surface area contributed by atoms with E-state index in [4.69, 9.17) is 23.2 Å². The van der Waals surface area contributed by atoms with E-state index in [1.807, 2.05) is 0 Å². The monoisotopic (exact) mass is 321 g/mol. The predicted molar refractivity (Wildman–Crippen MR) is 79.2 cm³/mol. The van der Waals surface area contributed by atoms with Crippen LogP contribution < -0.4 is 5.32 Å². The van der Waals surface area contributed by atoms with E-state index in [1.165, 1.54) is 24.2 Å². The molecule has 1 saturated carbocycles. The Morgan fingerprint density at radius 2 is 2.05 bits per heavy atom. The molecule has 6 heteroatoms. The zero-order valence-electron chi connectivity index (χ0n) is 10.5. The van der Waals surface area contributed by atoms with Gasteiger partial charge in [-0.25, -0.2) is 0 Å². The van der Waals surface area contributed by atoms with Gasteiger partial charge in [-0.1, -0.05) is 36.0 Å². The van der Waals surface area contributed by atoms with Gasteiger partial charge in [0.2, 0.25) is 0 Å². The largest absolute Gasteiger partial charge is 0.396 e. The second-order valence-electron chi connectivity index (χ2n) is 4.94. The van der Waals surface area contributed by atoms with Gasteiger partial charge < -0.3 is 10.4 Å². The first-order valence-corrected chi connectivity index (χ1v) is 8.03. The molecule has 0 aliphatic heterocycles. The molecule has 2 atom stereocenters. The van der Waals surface area contributed by atoms with Gasteiger partial charge in [-0.15, -0.1) is 11.3 Å². The summed E-state index contributed by atoms with van der Waals surface area (Å²) in [4.78, 5) is 12.0. The highest BCUT2D eigenvalue weighted by atomic mass is 35.5. The van der Waals surface area contributed by atoms with Crippen molar-refractivity contribution in [2.45, 2.75) is 25.7 Å². The molecule has 1 aromatic rings. The Kier molecular flexibility index (Phi) is 5.51. The normalized spacial score (nSPS) is 23.3. The molecule has 1 fully saturated rings. The summed E-state index contributed by atoms with van der Waals surface area (Å²) >= 11 is 13.0. The molecule has 2 unspecified atom stereocenters. The summed E-state index contributed by atoms with van der Waals surface area (Å²) < 4.78 is 0.936. The van der Waals surface area contributed by atoms with Gasteiger partial charge >= 0.3 is 0 Å². The predicted octanol–water partition coefficient (Wildman–Crippen LogP) is 3.58. The Balaban J connectivity index is 1.91. The minimum Gasteiger partial charge on any atom is -0.396 e. The van der Waals surface area contributed by atoms with Crippen LogP contribution in [0.25, 0.3) is 0 Å². The zero-order chi connectivity index (χ0) is 13.8. The number of hydrogen-bond acceptors (Lipinski definition) is 3. The number of aliphatic hydroxyl groups excluding tert-OH is 1. The highest BCUT2D eigenvalue weighted by molar-refractivity contribution is 7.20. The van der Waals surface area contributed by atoms with E-state index in [0.717, 1.165) is 12.8 Å². The Morgan fingerprint density at radius 3 is 2.63 bits per heavy atom. The van der Waals surface area contributed by atoms with Crippen molar-refractivity contribution in [2.24, 2.45) is 11.8 Å². The number of thiophene rings is 1. The first-order chi connectivity index (χ1) is 9.11. The Bertz CT molecular complexity index is 450. The Morgan fingerprint density at radius 1 is 1.37 bits per heavy atom. The summed E-state index contributed by atoms with van der Waals surface area (Å²) in [6.45, 7) is 0.791. The van der Waals surface area contributed by atoms with Crippen LogP contribution in [-0.4, -0.2) is 24.2 Å². The molecule has 1 heterocycles. The molecule has 1 aliphatic rings. The van der Waals surface area contributed by atoms with Crippen LogP contribution in [0.2, 0.25) is 8.67 Å². The fourth-order valence-corrected chi connectivity index (χ4v) is 4.07. The number of aliphatic hydroxyl groups is 1. The molecule has 0 bridgehead atoms. The summed E-state index contributed by atoms with van der Waals surface area (Å²) in [5.74, 6) is 0.474. The lowest BCUT2D eigenvalue weighted by Gasteiger charge is -2.30. The van der Waals surface area contributed by atoms with Crippen LogP contribution in [0, 0.1) is 11.8 Å². The van der Waals surface area contributed by atoms with Gasteiger partial charge in [0, 0.05) is 13.2 Å². The van der Waals surface area contributed by atoms with Gasteiger partial charge in [-0.05, 0) is 30.7 Å². The smallest absolute Gasteiger partial charge is 0.253 e. The van der Waals surface area contributed by atoms with E-state index in [9.17, 15) is 9.90 Å². The van der Waals surface area contributed by atoms with Crippen molar-refractivity contribution in [3.05, 3.63) is 20.3 Å². The third kappa shape index (κ3) is 3.85. The maximum absolute atomic E-state index is 12.0. The van der Waals surface area contributed by atoms with E-state index < -0.39 is 0 Å². The number of carbonyl (C=O) groups excluding carboxylic acids is 1. The topological polar surface area (TPSA) is 49.3 Å². The lowest BCUT2D eigenvalue weighted by atomic mass is 9.79. The number of rotatable bonds is 4. The lowest BCUT2D eigenvalue weighted by molar-refractivity contribution is 0.0910. The molecule has 0 spiro atoms. The first-order valence-electron chi connectivity index (χ1n) is 6.45.